The first-order valence-corrected chi connectivity index (χ1v) is 10.9. The van der Waals surface area contributed by atoms with Gasteiger partial charge in [-0.3, -0.25) is 14.6 Å². The molecule has 0 aliphatic carbocycles. The molecule has 186 valence electrons. The third-order valence-corrected chi connectivity index (χ3v) is 5.50. The Morgan fingerprint density at radius 2 is 1.68 bits per heavy atom. The molecular weight excluding hydrogens is 453 g/mol. The second kappa shape index (κ2) is 11.5. The number of β-amino-alcohol motifs (C(OH)–C–C–N with tert-alkyl or cyclic N) is 1. The lowest BCUT2D eigenvalue weighted by Crippen LogP contribution is -2.48. The molecule has 34 heavy (non-hydrogen) atoms. The molecular formula is C24H29F3N2O5. The van der Waals surface area contributed by atoms with Crippen LogP contribution in [0.5, 0.6) is 17.2 Å². The van der Waals surface area contributed by atoms with Crippen LogP contribution in [0.3, 0.4) is 0 Å². The number of carbonyl (C=O) groups is 1. The Labute approximate surface area is 196 Å². The van der Waals surface area contributed by atoms with Gasteiger partial charge in [0.2, 0.25) is 0 Å². The van der Waals surface area contributed by atoms with E-state index in [-0.39, 0.29) is 18.1 Å². The summed E-state index contributed by atoms with van der Waals surface area (Å²) in [6.45, 7) is 5.69. The highest BCUT2D eigenvalue weighted by Crippen LogP contribution is 2.28. The van der Waals surface area contributed by atoms with Crippen molar-refractivity contribution in [3.05, 3.63) is 53.6 Å². The molecule has 1 N–H and O–H groups in total. The molecule has 0 radical (unpaired) electrons. The number of alkyl halides is 3. The van der Waals surface area contributed by atoms with Crippen LogP contribution >= 0.6 is 0 Å². The molecule has 2 aromatic carbocycles. The van der Waals surface area contributed by atoms with Crippen LogP contribution in [0.2, 0.25) is 0 Å². The van der Waals surface area contributed by atoms with Gasteiger partial charge in [0, 0.05) is 44.8 Å². The molecule has 1 heterocycles. The minimum Gasteiger partial charge on any atom is -0.493 e. The second-order valence-electron chi connectivity index (χ2n) is 8.16. The van der Waals surface area contributed by atoms with E-state index in [2.05, 4.69) is 14.5 Å². The average Bonchev–Trinajstić information content (AvgIpc) is 2.79. The van der Waals surface area contributed by atoms with Gasteiger partial charge in [0.1, 0.15) is 18.5 Å². The fourth-order valence-corrected chi connectivity index (χ4v) is 3.73. The number of ketones is 1. The average molecular weight is 482 g/mol. The summed E-state index contributed by atoms with van der Waals surface area (Å²) < 4.78 is 51.7. The van der Waals surface area contributed by atoms with Crippen LogP contribution in [-0.2, 0) is 6.54 Å². The molecule has 1 unspecified atom stereocenters. The number of methoxy groups -OCH3 is 1. The first kappa shape index (κ1) is 25.8. The molecule has 3 rings (SSSR count). The Hall–Kier alpha value is -2.82. The lowest BCUT2D eigenvalue weighted by molar-refractivity contribution is -0.274. The van der Waals surface area contributed by atoms with Gasteiger partial charge in [-0.25, -0.2) is 0 Å². The van der Waals surface area contributed by atoms with Crippen LogP contribution in [0.4, 0.5) is 13.2 Å². The third kappa shape index (κ3) is 7.89. The molecule has 2 aromatic rings. The first-order valence-electron chi connectivity index (χ1n) is 10.9. The predicted molar refractivity (Wildman–Crippen MR) is 119 cm³/mol. The number of hydrogen-bond donors (Lipinski definition) is 1. The van der Waals surface area contributed by atoms with Crippen molar-refractivity contribution >= 4 is 5.78 Å². The summed E-state index contributed by atoms with van der Waals surface area (Å²) in [6.07, 6.45) is -5.40. The van der Waals surface area contributed by atoms with E-state index in [1.54, 1.807) is 30.3 Å². The molecule has 10 heteroatoms. The SMILES string of the molecule is COc1cc(C(C)=O)ccc1OCC(O)CN1CCN(Cc2ccc(OC(F)(F)F)cc2)CC1. The van der Waals surface area contributed by atoms with Gasteiger partial charge in [-0.2, -0.15) is 0 Å². The Bertz CT molecular complexity index is 945. The van der Waals surface area contributed by atoms with Crippen molar-refractivity contribution in [1.82, 2.24) is 9.80 Å². The molecule has 7 nitrogen and oxygen atoms in total. The molecule has 0 bridgehead atoms. The Morgan fingerprint density at radius 3 is 2.26 bits per heavy atom. The van der Waals surface area contributed by atoms with E-state index in [1.165, 1.54) is 26.2 Å². The minimum atomic E-state index is -4.69. The Kier molecular flexibility index (Phi) is 8.76. The maximum atomic E-state index is 12.3. The van der Waals surface area contributed by atoms with Gasteiger partial charge in [0.15, 0.2) is 17.3 Å². The third-order valence-electron chi connectivity index (χ3n) is 5.50. The summed E-state index contributed by atoms with van der Waals surface area (Å²) in [5.41, 5.74) is 1.43. The number of rotatable bonds is 10. The van der Waals surface area contributed by atoms with Crippen LogP contribution in [0.25, 0.3) is 0 Å². The number of Topliss-reactive ketones (excluding diaryl/α,β-unsaturated/α-hetero) is 1. The van der Waals surface area contributed by atoms with Gasteiger partial charge in [0.25, 0.3) is 0 Å². The molecule has 1 saturated heterocycles. The molecule has 1 aliphatic rings. The van der Waals surface area contributed by atoms with Crippen molar-refractivity contribution in [2.45, 2.75) is 25.9 Å². The lowest BCUT2D eigenvalue weighted by atomic mass is 10.1. The van der Waals surface area contributed by atoms with E-state index in [4.69, 9.17) is 9.47 Å². The summed E-state index contributed by atoms with van der Waals surface area (Å²) in [5, 5.41) is 10.4. The highest BCUT2D eigenvalue weighted by Gasteiger charge is 2.31. The quantitative estimate of drug-likeness (QED) is 0.521. The van der Waals surface area contributed by atoms with Crippen molar-refractivity contribution in [3.63, 3.8) is 0 Å². The van der Waals surface area contributed by atoms with Crippen LogP contribution in [0, 0.1) is 0 Å². The van der Waals surface area contributed by atoms with E-state index in [1.807, 2.05) is 0 Å². The predicted octanol–water partition coefficient (Wildman–Crippen LogP) is 3.35. The largest absolute Gasteiger partial charge is 0.573 e. The number of carbonyl (C=O) groups excluding carboxylic acids is 1. The summed E-state index contributed by atoms with van der Waals surface area (Å²) in [6, 6.07) is 10.8. The maximum absolute atomic E-state index is 12.3. The van der Waals surface area contributed by atoms with Crippen molar-refractivity contribution in [2.24, 2.45) is 0 Å². The fraction of sp³-hybridized carbons (Fsp3) is 0.458. The highest BCUT2D eigenvalue weighted by molar-refractivity contribution is 5.94. The van der Waals surface area contributed by atoms with E-state index < -0.39 is 12.5 Å². The van der Waals surface area contributed by atoms with Crippen LogP contribution in [0.15, 0.2) is 42.5 Å². The van der Waals surface area contributed by atoms with Gasteiger partial charge in [-0.1, -0.05) is 12.1 Å². The second-order valence-corrected chi connectivity index (χ2v) is 8.16. The Morgan fingerprint density at radius 1 is 1.03 bits per heavy atom. The van der Waals surface area contributed by atoms with E-state index in [0.29, 0.717) is 30.2 Å². The van der Waals surface area contributed by atoms with Crippen molar-refractivity contribution in [2.75, 3.05) is 46.4 Å². The van der Waals surface area contributed by atoms with E-state index in [9.17, 15) is 23.1 Å². The van der Waals surface area contributed by atoms with Crippen LogP contribution in [-0.4, -0.2) is 79.6 Å². The lowest BCUT2D eigenvalue weighted by Gasteiger charge is -2.35. The van der Waals surface area contributed by atoms with Gasteiger partial charge in [-0.15, -0.1) is 13.2 Å². The fourth-order valence-electron chi connectivity index (χ4n) is 3.73. The van der Waals surface area contributed by atoms with Gasteiger partial charge in [0.05, 0.1) is 7.11 Å². The number of aliphatic hydroxyl groups excluding tert-OH is 1. The molecule has 1 fully saturated rings. The zero-order valence-electron chi connectivity index (χ0n) is 19.2. The van der Waals surface area contributed by atoms with Gasteiger partial charge >= 0.3 is 6.36 Å². The summed E-state index contributed by atoms with van der Waals surface area (Å²) >= 11 is 0. The number of halogens is 3. The van der Waals surface area contributed by atoms with E-state index >= 15 is 0 Å². The molecule has 0 aromatic heterocycles. The topological polar surface area (TPSA) is 71.5 Å². The molecule has 0 amide bonds. The summed E-state index contributed by atoms with van der Waals surface area (Å²) in [7, 11) is 1.49. The van der Waals surface area contributed by atoms with Crippen LogP contribution < -0.4 is 14.2 Å². The molecule has 0 saturated carbocycles. The van der Waals surface area contributed by atoms with Crippen molar-refractivity contribution < 1.29 is 37.3 Å². The number of ether oxygens (including phenoxy) is 3. The number of piperazine rings is 1. The standard InChI is InChI=1S/C24H29F3N2O5/c1-17(30)19-5-8-22(23(13-19)32-2)33-16-20(31)15-29-11-9-28(10-12-29)14-18-3-6-21(7-4-18)34-24(25,26)27/h3-8,13,20,31H,9-12,14-16H2,1-2H3. The molecule has 1 aliphatic heterocycles. The number of benzene rings is 2. The van der Waals surface area contributed by atoms with Gasteiger partial charge in [-0.05, 0) is 42.8 Å². The van der Waals surface area contributed by atoms with Crippen molar-refractivity contribution in [3.8, 4) is 17.2 Å². The van der Waals surface area contributed by atoms with Crippen molar-refractivity contribution in [1.29, 1.82) is 0 Å². The zero-order valence-corrected chi connectivity index (χ0v) is 19.2. The molecule has 1 atom stereocenters. The van der Waals surface area contributed by atoms with E-state index in [0.717, 1.165) is 31.7 Å². The smallest absolute Gasteiger partial charge is 0.493 e. The highest BCUT2D eigenvalue weighted by atomic mass is 19.4. The Balaban J connectivity index is 1.40. The normalized spacial score (nSPS) is 16.2. The zero-order chi connectivity index (χ0) is 24.7. The summed E-state index contributed by atoms with van der Waals surface area (Å²) in [5.74, 6) is 0.593. The van der Waals surface area contributed by atoms with Gasteiger partial charge < -0.3 is 19.3 Å². The monoisotopic (exact) mass is 482 g/mol. The number of aliphatic hydroxyl groups is 1. The first-order chi connectivity index (χ1) is 16.1. The maximum Gasteiger partial charge on any atom is 0.573 e. The number of nitrogens with zero attached hydrogens (tertiary/aromatic N) is 2. The summed E-state index contributed by atoms with van der Waals surface area (Å²) in [4.78, 5) is 15.9. The number of hydrogen-bond acceptors (Lipinski definition) is 7. The van der Waals surface area contributed by atoms with Crippen LogP contribution in [0.1, 0.15) is 22.8 Å². The molecule has 0 spiro atoms. The minimum absolute atomic E-state index is 0.0727.